The predicted octanol–water partition coefficient (Wildman–Crippen LogP) is 2.90. The van der Waals surface area contributed by atoms with Crippen molar-refractivity contribution in [3.05, 3.63) is 46.2 Å². The predicted molar refractivity (Wildman–Crippen MR) is 87.5 cm³/mol. The Hall–Kier alpha value is -1.79. The molecule has 2 aromatic rings. The molecule has 0 spiro atoms. The van der Waals surface area contributed by atoms with E-state index in [0.29, 0.717) is 0 Å². The van der Waals surface area contributed by atoms with Crippen molar-refractivity contribution in [1.82, 2.24) is 14.9 Å². The average Bonchev–Trinajstić information content (AvgIpc) is 3.02. The van der Waals surface area contributed by atoms with Crippen molar-refractivity contribution in [2.24, 2.45) is 0 Å². The number of carboxylic acids is 1. The van der Waals surface area contributed by atoms with E-state index in [-0.39, 0.29) is 11.6 Å². The summed E-state index contributed by atoms with van der Waals surface area (Å²) in [5.74, 6) is -0.727. The highest BCUT2D eigenvalue weighted by molar-refractivity contribution is 7.09. The van der Waals surface area contributed by atoms with E-state index in [1.807, 2.05) is 24.5 Å². The van der Waals surface area contributed by atoms with Crippen LogP contribution < -0.4 is 0 Å². The van der Waals surface area contributed by atoms with Crippen LogP contribution in [-0.2, 0) is 6.42 Å². The van der Waals surface area contributed by atoms with Gasteiger partial charge in [-0.25, -0.2) is 9.78 Å². The van der Waals surface area contributed by atoms with Gasteiger partial charge in [0, 0.05) is 36.8 Å². The van der Waals surface area contributed by atoms with Crippen LogP contribution in [0, 0.1) is 0 Å². The number of aromatic carboxylic acids is 1. The molecule has 1 atom stereocenters. The third-order valence-electron chi connectivity index (χ3n) is 3.61. The van der Waals surface area contributed by atoms with Crippen LogP contribution >= 0.6 is 11.3 Å². The number of carbonyl (C=O) groups is 1. The fourth-order valence-corrected chi connectivity index (χ4v) is 3.14. The van der Waals surface area contributed by atoms with Crippen LogP contribution in [0.2, 0.25) is 0 Å². The number of aromatic nitrogens is 2. The first kappa shape index (κ1) is 16.6. The first-order chi connectivity index (χ1) is 10.6. The summed E-state index contributed by atoms with van der Waals surface area (Å²) in [4.78, 5) is 21.5. The summed E-state index contributed by atoms with van der Waals surface area (Å²) >= 11 is 1.43. The zero-order valence-corrected chi connectivity index (χ0v) is 13.7. The van der Waals surface area contributed by atoms with Crippen LogP contribution in [0.5, 0.6) is 0 Å². The van der Waals surface area contributed by atoms with Gasteiger partial charge in [-0.3, -0.25) is 4.98 Å². The van der Waals surface area contributed by atoms with Crippen molar-refractivity contribution < 1.29 is 9.90 Å². The lowest BCUT2D eigenvalue weighted by Crippen LogP contribution is -2.29. The normalized spacial score (nSPS) is 12.5. The lowest BCUT2D eigenvalue weighted by Gasteiger charge is -2.23. The quantitative estimate of drug-likeness (QED) is 0.810. The maximum atomic E-state index is 10.9. The SMILES string of the molecule is CCN(CCc1ccncc1)CC(C)c1nc(C(=O)O)cs1. The molecule has 0 amide bonds. The first-order valence-corrected chi connectivity index (χ1v) is 8.28. The number of likely N-dealkylation sites (N-methyl/N-ethyl adjacent to an activating group) is 1. The second kappa shape index (κ2) is 8.00. The second-order valence-electron chi connectivity index (χ2n) is 5.28. The van der Waals surface area contributed by atoms with Gasteiger partial charge < -0.3 is 10.0 Å². The minimum Gasteiger partial charge on any atom is -0.476 e. The van der Waals surface area contributed by atoms with Crippen LogP contribution in [0.1, 0.15) is 40.8 Å². The highest BCUT2D eigenvalue weighted by Crippen LogP contribution is 2.21. The molecule has 0 fully saturated rings. The highest BCUT2D eigenvalue weighted by atomic mass is 32.1. The van der Waals surface area contributed by atoms with Crippen molar-refractivity contribution >= 4 is 17.3 Å². The Morgan fingerprint density at radius 2 is 2.14 bits per heavy atom. The summed E-state index contributed by atoms with van der Waals surface area (Å²) in [5, 5.41) is 11.4. The maximum Gasteiger partial charge on any atom is 0.355 e. The molecule has 0 bridgehead atoms. The van der Waals surface area contributed by atoms with Gasteiger partial charge >= 0.3 is 5.97 Å². The number of pyridine rings is 1. The minimum absolute atomic E-state index is 0.145. The van der Waals surface area contributed by atoms with Crippen LogP contribution in [0.4, 0.5) is 0 Å². The molecule has 0 saturated carbocycles. The summed E-state index contributed by atoms with van der Waals surface area (Å²) in [6.07, 6.45) is 4.62. The molecule has 2 aromatic heterocycles. The monoisotopic (exact) mass is 319 g/mol. The van der Waals surface area contributed by atoms with E-state index in [9.17, 15) is 4.79 Å². The Kier molecular flexibility index (Phi) is 6.03. The average molecular weight is 319 g/mol. The van der Waals surface area contributed by atoms with Gasteiger partial charge in [-0.15, -0.1) is 11.3 Å². The van der Waals surface area contributed by atoms with Gasteiger partial charge in [0.05, 0.1) is 5.01 Å². The zero-order chi connectivity index (χ0) is 15.9. The Balaban J connectivity index is 1.89. The molecule has 0 saturated heterocycles. The van der Waals surface area contributed by atoms with Gasteiger partial charge in [-0.1, -0.05) is 13.8 Å². The molecule has 0 aromatic carbocycles. The molecule has 1 unspecified atom stereocenters. The van der Waals surface area contributed by atoms with Crippen LogP contribution in [-0.4, -0.2) is 45.6 Å². The number of carboxylic acid groups (broad SMARTS) is 1. The standard InChI is InChI=1S/C16H21N3O2S/c1-3-19(9-6-13-4-7-17-8-5-13)10-12(2)15-18-14(11-22-15)16(20)21/h4-5,7-8,11-12H,3,6,9-10H2,1-2H3,(H,20,21). The Bertz CT molecular complexity index is 600. The lowest BCUT2D eigenvalue weighted by molar-refractivity contribution is 0.0691. The van der Waals surface area contributed by atoms with E-state index < -0.39 is 5.97 Å². The van der Waals surface area contributed by atoms with Gasteiger partial charge in [0.15, 0.2) is 5.69 Å². The van der Waals surface area contributed by atoms with E-state index in [1.54, 1.807) is 5.38 Å². The molecule has 0 aliphatic rings. The van der Waals surface area contributed by atoms with Gasteiger partial charge in [0.25, 0.3) is 0 Å². The highest BCUT2D eigenvalue weighted by Gasteiger charge is 2.16. The fraction of sp³-hybridized carbons (Fsp3) is 0.438. The molecule has 5 nitrogen and oxygen atoms in total. The largest absolute Gasteiger partial charge is 0.476 e. The van der Waals surface area contributed by atoms with Crippen molar-refractivity contribution in [2.45, 2.75) is 26.2 Å². The Morgan fingerprint density at radius 1 is 1.41 bits per heavy atom. The fourth-order valence-electron chi connectivity index (χ4n) is 2.29. The Labute approximate surface area is 134 Å². The van der Waals surface area contributed by atoms with Crippen molar-refractivity contribution in [3.8, 4) is 0 Å². The molecule has 2 rings (SSSR count). The number of hydrogen-bond donors (Lipinski definition) is 1. The van der Waals surface area contributed by atoms with Gasteiger partial charge in [-0.2, -0.15) is 0 Å². The minimum atomic E-state index is -0.959. The molecule has 22 heavy (non-hydrogen) atoms. The van der Waals surface area contributed by atoms with E-state index in [0.717, 1.165) is 31.1 Å². The number of nitrogens with zero attached hydrogens (tertiary/aromatic N) is 3. The van der Waals surface area contributed by atoms with E-state index in [2.05, 4.69) is 28.7 Å². The summed E-state index contributed by atoms with van der Waals surface area (Å²) in [6.45, 7) is 7.06. The first-order valence-electron chi connectivity index (χ1n) is 7.40. The van der Waals surface area contributed by atoms with Crippen LogP contribution in [0.15, 0.2) is 29.9 Å². The van der Waals surface area contributed by atoms with Crippen molar-refractivity contribution in [3.63, 3.8) is 0 Å². The molecule has 0 radical (unpaired) electrons. The third kappa shape index (κ3) is 4.61. The van der Waals surface area contributed by atoms with Crippen molar-refractivity contribution in [2.75, 3.05) is 19.6 Å². The number of hydrogen-bond acceptors (Lipinski definition) is 5. The summed E-state index contributed by atoms with van der Waals surface area (Å²) < 4.78 is 0. The van der Waals surface area contributed by atoms with E-state index in [4.69, 9.17) is 5.11 Å². The third-order valence-corrected chi connectivity index (χ3v) is 4.68. The van der Waals surface area contributed by atoms with Crippen LogP contribution in [0.3, 0.4) is 0 Å². The summed E-state index contributed by atoms with van der Waals surface area (Å²) in [7, 11) is 0. The van der Waals surface area contributed by atoms with Crippen molar-refractivity contribution in [1.29, 1.82) is 0 Å². The molecular weight excluding hydrogens is 298 g/mol. The zero-order valence-electron chi connectivity index (χ0n) is 12.9. The van der Waals surface area contributed by atoms with Gasteiger partial charge in [0.1, 0.15) is 0 Å². The summed E-state index contributed by atoms with van der Waals surface area (Å²) in [5.41, 5.74) is 1.43. The smallest absolute Gasteiger partial charge is 0.355 e. The molecule has 1 N–H and O–H groups in total. The van der Waals surface area contributed by atoms with E-state index in [1.165, 1.54) is 16.9 Å². The molecule has 6 heteroatoms. The number of thiazole rings is 1. The topological polar surface area (TPSA) is 66.3 Å². The summed E-state index contributed by atoms with van der Waals surface area (Å²) in [6, 6.07) is 4.08. The number of rotatable bonds is 8. The van der Waals surface area contributed by atoms with Gasteiger partial charge in [0.2, 0.25) is 0 Å². The second-order valence-corrected chi connectivity index (χ2v) is 6.17. The van der Waals surface area contributed by atoms with E-state index >= 15 is 0 Å². The molecule has 118 valence electrons. The van der Waals surface area contributed by atoms with Gasteiger partial charge in [-0.05, 0) is 30.7 Å². The molecule has 0 aliphatic heterocycles. The Morgan fingerprint density at radius 3 is 2.73 bits per heavy atom. The molecular formula is C16H21N3O2S. The molecule has 0 aliphatic carbocycles. The lowest BCUT2D eigenvalue weighted by atomic mass is 10.1. The van der Waals surface area contributed by atoms with Crippen LogP contribution in [0.25, 0.3) is 0 Å². The molecule has 2 heterocycles. The maximum absolute atomic E-state index is 10.9.